The van der Waals surface area contributed by atoms with Gasteiger partial charge in [-0.25, -0.2) is 0 Å². The van der Waals surface area contributed by atoms with Crippen molar-refractivity contribution in [2.75, 3.05) is 13.1 Å². The summed E-state index contributed by atoms with van der Waals surface area (Å²) in [4.78, 5) is 14.4. The monoisotopic (exact) mass is 288 g/mol. The van der Waals surface area contributed by atoms with Crippen LogP contribution in [0.3, 0.4) is 0 Å². The molecule has 0 aliphatic carbocycles. The molecule has 3 heteroatoms. The number of nitrogens with zero attached hydrogens (tertiary/aromatic N) is 1. The maximum atomic E-state index is 11.9. The molecule has 0 aromatic heterocycles. The fourth-order valence-corrected chi connectivity index (χ4v) is 2.96. The van der Waals surface area contributed by atoms with E-state index in [1.165, 1.54) is 18.4 Å². The van der Waals surface area contributed by atoms with Crippen molar-refractivity contribution < 1.29 is 4.79 Å². The maximum absolute atomic E-state index is 11.9. The van der Waals surface area contributed by atoms with Crippen molar-refractivity contribution in [2.45, 2.75) is 58.0 Å². The number of hydrogen-bond acceptors (Lipinski definition) is 2. The Morgan fingerprint density at radius 3 is 2.86 bits per heavy atom. The third kappa shape index (κ3) is 5.88. The van der Waals surface area contributed by atoms with Crippen molar-refractivity contribution in [1.29, 1.82) is 0 Å². The molecule has 1 atom stereocenters. The highest BCUT2D eigenvalue weighted by Crippen LogP contribution is 2.14. The summed E-state index contributed by atoms with van der Waals surface area (Å²) in [5, 5.41) is 3.23. The zero-order valence-corrected chi connectivity index (χ0v) is 13.2. The highest BCUT2D eigenvalue weighted by molar-refractivity contribution is 5.76. The van der Waals surface area contributed by atoms with E-state index in [2.05, 4.69) is 47.5 Å². The molecule has 1 unspecified atom stereocenters. The zero-order chi connectivity index (χ0) is 14.9. The molecule has 1 N–H and O–H groups in total. The molecule has 1 aromatic carbocycles. The number of carbonyl (C=O) groups is 1. The standard InChI is InChI=1S/C18H28N2O/c1-2-3-12-18(21)19-17-11-7-8-13-20(15-17)14-16-9-5-4-6-10-16/h4-6,9-10,17H,2-3,7-8,11-15H2,1H3,(H,19,21). The van der Waals surface area contributed by atoms with Gasteiger partial charge in [-0.1, -0.05) is 50.1 Å². The zero-order valence-electron chi connectivity index (χ0n) is 13.2. The number of amides is 1. The van der Waals surface area contributed by atoms with E-state index in [4.69, 9.17) is 0 Å². The molecule has 21 heavy (non-hydrogen) atoms. The van der Waals surface area contributed by atoms with Crippen molar-refractivity contribution >= 4 is 5.91 Å². The minimum atomic E-state index is 0.225. The first-order chi connectivity index (χ1) is 10.3. The third-order valence-corrected chi connectivity index (χ3v) is 4.13. The van der Waals surface area contributed by atoms with Gasteiger partial charge >= 0.3 is 0 Å². The van der Waals surface area contributed by atoms with Crippen LogP contribution in [0.15, 0.2) is 30.3 Å². The molecule has 0 bridgehead atoms. The van der Waals surface area contributed by atoms with Crippen molar-refractivity contribution in [3.8, 4) is 0 Å². The van der Waals surface area contributed by atoms with E-state index in [9.17, 15) is 4.79 Å². The first-order valence-corrected chi connectivity index (χ1v) is 8.33. The fraction of sp³-hybridized carbons (Fsp3) is 0.611. The first-order valence-electron chi connectivity index (χ1n) is 8.33. The van der Waals surface area contributed by atoms with Gasteiger partial charge in [-0.15, -0.1) is 0 Å². The second kappa shape index (κ2) is 8.83. The molecule has 1 amide bonds. The molecule has 1 heterocycles. The van der Waals surface area contributed by atoms with Gasteiger partial charge in [0.25, 0.3) is 0 Å². The third-order valence-electron chi connectivity index (χ3n) is 4.13. The van der Waals surface area contributed by atoms with Crippen LogP contribution in [0.5, 0.6) is 0 Å². The second-order valence-electron chi connectivity index (χ2n) is 6.08. The summed E-state index contributed by atoms with van der Waals surface area (Å²) in [6.07, 6.45) is 6.30. The Bertz CT molecular complexity index is 418. The van der Waals surface area contributed by atoms with Crippen LogP contribution < -0.4 is 5.32 Å². The van der Waals surface area contributed by atoms with Crippen LogP contribution in [0.25, 0.3) is 0 Å². The average Bonchev–Trinajstić information content (AvgIpc) is 2.71. The minimum absolute atomic E-state index is 0.225. The van der Waals surface area contributed by atoms with E-state index in [-0.39, 0.29) is 5.91 Å². The normalized spacial score (nSPS) is 20.0. The minimum Gasteiger partial charge on any atom is -0.352 e. The summed E-state index contributed by atoms with van der Waals surface area (Å²) < 4.78 is 0. The van der Waals surface area contributed by atoms with Gasteiger partial charge in [0.1, 0.15) is 0 Å². The Kier molecular flexibility index (Phi) is 6.74. The summed E-state index contributed by atoms with van der Waals surface area (Å²) in [5.41, 5.74) is 1.36. The van der Waals surface area contributed by atoms with Crippen molar-refractivity contribution in [2.24, 2.45) is 0 Å². The predicted molar refractivity (Wildman–Crippen MR) is 87.0 cm³/mol. The lowest BCUT2D eigenvalue weighted by Gasteiger charge is -2.25. The van der Waals surface area contributed by atoms with Gasteiger partial charge < -0.3 is 5.32 Å². The van der Waals surface area contributed by atoms with Gasteiger partial charge in [0.2, 0.25) is 5.91 Å². The summed E-state index contributed by atoms with van der Waals surface area (Å²) in [5.74, 6) is 0.225. The number of likely N-dealkylation sites (tertiary alicyclic amines) is 1. The molecule has 116 valence electrons. The topological polar surface area (TPSA) is 32.3 Å². The smallest absolute Gasteiger partial charge is 0.220 e. The average molecular weight is 288 g/mol. The Hall–Kier alpha value is -1.35. The van der Waals surface area contributed by atoms with E-state index >= 15 is 0 Å². The molecule has 3 nitrogen and oxygen atoms in total. The Morgan fingerprint density at radius 2 is 2.10 bits per heavy atom. The van der Waals surface area contributed by atoms with Gasteiger partial charge in [-0.3, -0.25) is 9.69 Å². The molecule has 1 aromatic rings. The molecule has 1 saturated heterocycles. The van der Waals surface area contributed by atoms with Crippen LogP contribution in [0.2, 0.25) is 0 Å². The maximum Gasteiger partial charge on any atom is 0.220 e. The van der Waals surface area contributed by atoms with Crippen LogP contribution in [0.1, 0.15) is 51.0 Å². The number of rotatable bonds is 6. The summed E-state index contributed by atoms with van der Waals surface area (Å²) in [6.45, 7) is 5.23. The summed E-state index contributed by atoms with van der Waals surface area (Å²) in [6, 6.07) is 10.9. The van der Waals surface area contributed by atoms with Gasteiger partial charge in [0.05, 0.1) is 0 Å². The SMILES string of the molecule is CCCCC(=O)NC1CCCCN(Cc2ccccc2)C1. The van der Waals surface area contributed by atoms with E-state index in [1.54, 1.807) is 0 Å². The number of carbonyl (C=O) groups excluding carboxylic acids is 1. The molecule has 0 saturated carbocycles. The number of hydrogen-bond donors (Lipinski definition) is 1. The van der Waals surface area contributed by atoms with Crippen LogP contribution in [0.4, 0.5) is 0 Å². The summed E-state index contributed by atoms with van der Waals surface area (Å²) >= 11 is 0. The number of benzene rings is 1. The van der Waals surface area contributed by atoms with E-state index in [1.807, 2.05) is 0 Å². The molecule has 1 aliphatic rings. The highest BCUT2D eigenvalue weighted by Gasteiger charge is 2.19. The number of unbranched alkanes of at least 4 members (excludes halogenated alkanes) is 1. The molecule has 0 spiro atoms. The van der Waals surface area contributed by atoms with E-state index in [0.29, 0.717) is 12.5 Å². The lowest BCUT2D eigenvalue weighted by atomic mass is 10.1. The molecular formula is C18H28N2O. The van der Waals surface area contributed by atoms with Crippen LogP contribution >= 0.6 is 0 Å². The van der Waals surface area contributed by atoms with Crippen molar-refractivity contribution in [1.82, 2.24) is 10.2 Å². The quantitative estimate of drug-likeness (QED) is 0.870. The van der Waals surface area contributed by atoms with Crippen LogP contribution in [-0.4, -0.2) is 29.9 Å². The predicted octanol–water partition coefficient (Wildman–Crippen LogP) is 3.35. The van der Waals surface area contributed by atoms with E-state index in [0.717, 1.165) is 38.9 Å². The van der Waals surface area contributed by atoms with Gasteiger partial charge in [-0.2, -0.15) is 0 Å². The Balaban J connectivity index is 1.84. The van der Waals surface area contributed by atoms with Crippen LogP contribution in [-0.2, 0) is 11.3 Å². The molecule has 0 radical (unpaired) electrons. The Labute approximate surface area is 128 Å². The first kappa shape index (κ1) is 16.0. The van der Waals surface area contributed by atoms with Crippen LogP contribution in [0, 0.1) is 0 Å². The molecule has 1 fully saturated rings. The van der Waals surface area contributed by atoms with Gasteiger partial charge in [0.15, 0.2) is 0 Å². The van der Waals surface area contributed by atoms with Gasteiger partial charge in [0, 0.05) is 25.6 Å². The number of nitrogens with one attached hydrogen (secondary N) is 1. The molecule has 2 rings (SSSR count). The van der Waals surface area contributed by atoms with Crippen molar-refractivity contribution in [3.63, 3.8) is 0 Å². The Morgan fingerprint density at radius 1 is 1.29 bits per heavy atom. The van der Waals surface area contributed by atoms with Gasteiger partial charge in [-0.05, 0) is 31.4 Å². The summed E-state index contributed by atoms with van der Waals surface area (Å²) in [7, 11) is 0. The largest absolute Gasteiger partial charge is 0.352 e. The highest BCUT2D eigenvalue weighted by atomic mass is 16.1. The molecule has 1 aliphatic heterocycles. The lowest BCUT2D eigenvalue weighted by molar-refractivity contribution is -0.122. The molecular weight excluding hydrogens is 260 g/mol. The fourth-order valence-electron chi connectivity index (χ4n) is 2.96. The second-order valence-corrected chi connectivity index (χ2v) is 6.08. The van der Waals surface area contributed by atoms with Crippen molar-refractivity contribution in [3.05, 3.63) is 35.9 Å². The lowest BCUT2D eigenvalue weighted by Crippen LogP contribution is -2.42. The van der Waals surface area contributed by atoms with E-state index < -0.39 is 0 Å².